The van der Waals surface area contributed by atoms with Crippen LogP contribution in [-0.2, 0) is 18.0 Å². The minimum Gasteiger partial charge on any atom is -0.399 e. The average molecular weight is 422 g/mol. The second-order valence-corrected chi connectivity index (χ2v) is 8.14. The number of nitrogens with zero attached hydrogens (tertiary/aromatic N) is 3. The molecule has 1 aromatic heterocycles. The van der Waals surface area contributed by atoms with Crippen LogP contribution >= 0.6 is 23.4 Å². The van der Waals surface area contributed by atoms with E-state index < -0.39 is 0 Å². The summed E-state index contributed by atoms with van der Waals surface area (Å²) < 4.78 is 5.67. The van der Waals surface area contributed by atoms with Gasteiger partial charge in [-0.3, -0.25) is 0 Å². The Balaban J connectivity index is 1.66. The van der Waals surface area contributed by atoms with Crippen LogP contribution in [0.3, 0.4) is 0 Å². The Hall–Kier alpha value is -2.87. The summed E-state index contributed by atoms with van der Waals surface area (Å²) in [6.45, 7) is 1.11. The maximum atomic E-state index is 6.66. The molecule has 4 aromatic rings. The Morgan fingerprint density at radius 1 is 0.931 bits per heavy atom. The molecule has 144 valence electrons. The van der Waals surface area contributed by atoms with Crippen molar-refractivity contribution in [1.82, 2.24) is 15.0 Å². The van der Waals surface area contributed by atoms with Crippen molar-refractivity contribution in [1.29, 1.82) is 0 Å². The second kappa shape index (κ2) is 7.18. The smallest absolute Gasteiger partial charge is 0.224 e. The first-order valence-corrected chi connectivity index (χ1v) is 10.1. The van der Waals surface area contributed by atoms with Gasteiger partial charge in [-0.25, -0.2) is 4.98 Å². The van der Waals surface area contributed by atoms with E-state index in [1.54, 1.807) is 0 Å². The summed E-state index contributed by atoms with van der Waals surface area (Å²) in [7, 11) is 0. The predicted molar refractivity (Wildman–Crippen MR) is 116 cm³/mol. The van der Waals surface area contributed by atoms with Gasteiger partial charge in [0.15, 0.2) is 11.0 Å². The summed E-state index contributed by atoms with van der Waals surface area (Å²) >= 11 is 8.05. The molecule has 1 aliphatic heterocycles. The molecule has 0 radical (unpaired) electrons. The van der Waals surface area contributed by atoms with E-state index in [9.17, 15) is 0 Å². The van der Waals surface area contributed by atoms with Gasteiger partial charge >= 0.3 is 0 Å². The summed E-state index contributed by atoms with van der Waals surface area (Å²) in [4.78, 5) is 14.3. The number of halogens is 1. The van der Waals surface area contributed by atoms with Crippen molar-refractivity contribution in [2.75, 3.05) is 11.5 Å². The van der Waals surface area contributed by atoms with Crippen LogP contribution in [-0.4, -0.2) is 15.0 Å². The standard InChI is InChI=1S/C21H16ClN5OS/c22-16-8-12-10-28-9-11-2-1-3-15(17(11)12)18(16)19-25-20(24)27-21(26-19)29-14-6-4-13(23)5-7-14/h1-8H,9-10,23H2,(H2,24,25,26,27). The lowest BCUT2D eigenvalue weighted by molar-refractivity contribution is 0.103. The van der Waals surface area contributed by atoms with Gasteiger partial charge in [-0.15, -0.1) is 0 Å². The number of benzene rings is 3. The Morgan fingerprint density at radius 2 is 1.72 bits per heavy atom. The summed E-state index contributed by atoms with van der Waals surface area (Å²) in [6, 6.07) is 15.5. The van der Waals surface area contributed by atoms with E-state index in [1.165, 1.54) is 11.8 Å². The van der Waals surface area contributed by atoms with Gasteiger partial charge in [-0.1, -0.05) is 29.8 Å². The maximum Gasteiger partial charge on any atom is 0.224 e. The summed E-state index contributed by atoms with van der Waals surface area (Å²) in [6.07, 6.45) is 0. The number of aromatic nitrogens is 3. The number of ether oxygens (including phenoxy) is 1. The van der Waals surface area contributed by atoms with Crippen LogP contribution in [0.15, 0.2) is 58.6 Å². The minimum absolute atomic E-state index is 0.146. The first kappa shape index (κ1) is 18.2. The third-order valence-corrected chi connectivity index (χ3v) is 5.91. The van der Waals surface area contributed by atoms with Crippen LogP contribution in [0.4, 0.5) is 11.6 Å². The summed E-state index contributed by atoms with van der Waals surface area (Å²) in [5.41, 5.74) is 15.4. The number of nitrogens with two attached hydrogens (primary N) is 2. The molecule has 0 bridgehead atoms. The molecule has 4 N–H and O–H groups in total. The molecule has 29 heavy (non-hydrogen) atoms. The molecule has 0 unspecified atom stereocenters. The normalized spacial score (nSPS) is 13.0. The molecule has 0 atom stereocenters. The molecule has 1 aliphatic rings. The molecule has 0 saturated heterocycles. The molecule has 6 nitrogen and oxygen atoms in total. The van der Waals surface area contributed by atoms with Crippen LogP contribution in [0.1, 0.15) is 11.1 Å². The van der Waals surface area contributed by atoms with Crippen molar-refractivity contribution in [3.8, 4) is 11.4 Å². The number of hydrogen-bond donors (Lipinski definition) is 2. The van der Waals surface area contributed by atoms with Gasteiger partial charge in [0, 0.05) is 16.1 Å². The largest absolute Gasteiger partial charge is 0.399 e. The Bertz CT molecular complexity index is 1250. The lowest BCUT2D eigenvalue weighted by Crippen LogP contribution is -2.06. The van der Waals surface area contributed by atoms with Crippen molar-refractivity contribution in [3.63, 3.8) is 0 Å². The zero-order valence-electron chi connectivity index (χ0n) is 15.2. The highest BCUT2D eigenvalue weighted by molar-refractivity contribution is 7.99. The zero-order valence-corrected chi connectivity index (χ0v) is 16.8. The van der Waals surface area contributed by atoms with Crippen LogP contribution in [0.5, 0.6) is 0 Å². The van der Waals surface area contributed by atoms with Crippen LogP contribution in [0.2, 0.25) is 5.02 Å². The fourth-order valence-corrected chi connectivity index (χ4v) is 4.59. The number of rotatable bonds is 3. The molecule has 8 heteroatoms. The van der Waals surface area contributed by atoms with Gasteiger partial charge in [0.2, 0.25) is 5.95 Å². The molecule has 0 amide bonds. The van der Waals surface area contributed by atoms with Crippen molar-refractivity contribution in [3.05, 3.63) is 64.7 Å². The summed E-state index contributed by atoms with van der Waals surface area (Å²) in [5.74, 6) is 0.600. The van der Waals surface area contributed by atoms with Gasteiger partial charge in [-0.2, -0.15) is 9.97 Å². The fourth-order valence-electron chi connectivity index (χ4n) is 3.52. The molecule has 5 rings (SSSR count). The monoisotopic (exact) mass is 421 g/mol. The minimum atomic E-state index is 0.146. The van der Waals surface area contributed by atoms with Crippen LogP contribution < -0.4 is 11.5 Å². The quantitative estimate of drug-likeness (QED) is 0.463. The van der Waals surface area contributed by atoms with Crippen molar-refractivity contribution in [2.24, 2.45) is 0 Å². The highest BCUT2D eigenvalue weighted by Gasteiger charge is 2.21. The van der Waals surface area contributed by atoms with E-state index in [0.29, 0.717) is 34.9 Å². The second-order valence-electron chi connectivity index (χ2n) is 6.70. The molecule has 0 saturated carbocycles. The van der Waals surface area contributed by atoms with Gasteiger partial charge in [0.05, 0.1) is 18.2 Å². The van der Waals surface area contributed by atoms with E-state index in [2.05, 4.69) is 21.0 Å². The molecule has 0 aliphatic carbocycles. The van der Waals surface area contributed by atoms with Crippen molar-refractivity contribution >= 4 is 45.8 Å². The molecule has 0 fully saturated rings. The van der Waals surface area contributed by atoms with Crippen molar-refractivity contribution < 1.29 is 4.74 Å². The number of hydrogen-bond acceptors (Lipinski definition) is 7. The van der Waals surface area contributed by atoms with Gasteiger partial charge in [0.1, 0.15) is 0 Å². The lowest BCUT2D eigenvalue weighted by atomic mass is 9.94. The first-order chi connectivity index (χ1) is 14.1. The topological polar surface area (TPSA) is 99.9 Å². The third-order valence-electron chi connectivity index (χ3n) is 4.74. The average Bonchev–Trinajstić information content (AvgIpc) is 2.70. The Labute approximate surface area is 176 Å². The van der Waals surface area contributed by atoms with E-state index in [4.69, 9.17) is 27.8 Å². The lowest BCUT2D eigenvalue weighted by Gasteiger charge is -2.20. The van der Waals surface area contributed by atoms with E-state index >= 15 is 0 Å². The Kier molecular flexibility index (Phi) is 4.50. The molecule has 3 aromatic carbocycles. The molecular formula is C21H16ClN5OS. The summed E-state index contributed by atoms with van der Waals surface area (Å²) in [5, 5.41) is 3.19. The highest BCUT2D eigenvalue weighted by atomic mass is 35.5. The highest BCUT2D eigenvalue weighted by Crippen LogP contribution is 2.40. The maximum absolute atomic E-state index is 6.66. The SMILES string of the molecule is Nc1ccc(Sc2nc(N)nc(-c3c(Cl)cc4c5c(cccc35)COC4)n2)cc1. The van der Waals surface area contributed by atoms with E-state index in [1.807, 2.05) is 42.5 Å². The van der Waals surface area contributed by atoms with Gasteiger partial charge < -0.3 is 16.2 Å². The third kappa shape index (κ3) is 3.37. The van der Waals surface area contributed by atoms with Crippen LogP contribution in [0.25, 0.3) is 22.2 Å². The predicted octanol–water partition coefficient (Wildman–Crippen LogP) is 4.69. The van der Waals surface area contributed by atoms with Gasteiger partial charge in [-0.05, 0) is 64.0 Å². The number of anilines is 2. The molecule has 2 heterocycles. The van der Waals surface area contributed by atoms with Gasteiger partial charge in [0.25, 0.3) is 0 Å². The van der Waals surface area contributed by atoms with E-state index in [0.717, 1.165) is 32.4 Å². The zero-order chi connectivity index (χ0) is 20.0. The fraction of sp³-hybridized carbons (Fsp3) is 0.0952. The number of nitrogen functional groups attached to an aromatic ring is 2. The first-order valence-electron chi connectivity index (χ1n) is 8.94. The van der Waals surface area contributed by atoms with E-state index in [-0.39, 0.29) is 5.95 Å². The molecular weight excluding hydrogens is 406 g/mol. The van der Waals surface area contributed by atoms with Crippen LogP contribution in [0, 0.1) is 0 Å². The molecule has 0 spiro atoms. The van der Waals surface area contributed by atoms with Crippen molar-refractivity contribution in [2.45, 2.75) is 23.3 Å². The Morgan fingerprint density at radius 3 is 2.55 bits per heavy atom.